The molecule has 0 saturated carbocycles. The third-order valence-electron chi connectivity index (χ3n) is 3.66. The fourth-order valence-corrected chi connectivity index (χ4v) is 2.42. The number of nitrogens with one attached hydrogen (secondary N) is 2. The molecule has 6 heteroatoms. The maximum atomic E-state index is 13.8. The summed E-state index contributed by atoms with van der Waals surface area (Å²) in [6.07, 6.45) is 0. The number of halogens is 2. The van der Waals surface area contributed by atoms with Crippen LogP contribution in [0.1, 0.15) is 13.8 Å². The normalized spacial score (nSPS) is 17.0. The molecule has 1 amide bonds. The summed E-state index contributed by atoms with van der Waals surface area (Å²) >= 11 is 5.72. The van der Waals surface area contributed by atoms with Gasteiger partial charge in [0, 0.05) is 26.2 Å². The largest absolute Gasteiger partial charge is 0.322 e. The molecule has 1 heterocycles. The van der Waals surface area contributed by atoms with Crippen molar-refractivity contribution in [3.63, 3.8) is 0 Å². The highest BCUT2D eigenvalue weighted by atomic mass is 35.5. The van der Waals surface area contributed by atoms with E-state index in [2.05, 4.69) is 15.5 Å². The number of piperazine rings is 1. The Morgan fingerprint density at radius 2 is 2.05 bits per heavy atom. The van der Waals surface area contributed by atoms with E-state index in [-0.39, 0.29) is 16.6 Å². The Bertz CT molecular complexity index is 501. The van der Waals surface area contributed by atoms with E-state index in [0.29, 0.717) is 0 Å². The van der Waals surface area contributed by atoms with Gasteiger partial charge in [-0.25, -0.2) is 4.39 Å². The topological polar surface area (TPSA) is 44.4 Å². The van der Waals surface area contributed by atoms with Crippen LogP contribution in [-0.4, -0.2) is 42.5 Å². The Labute approximate surface area is 123 Å². The molecule has 1 aliphatic heterocycles. The number of hydrogen-bond donors (Lipinski definition) is 2. The molecule has 4 nitrogen and oxygen atoms in total. The molecule has 2 N–H and O–H groups in total. The lowest BCUT2D eigenvalue weighted by atomic mass is 10.0. The smallest absolute Gasteiger partial charge is 0.244 e. The van der Waals surface area contributed by atoms with Crippen molar-refractivity contribution in [2.45, 2.75) is 19.4 Å². The zero-order chi connectivity index (χ0) is 14.8. The Kier molecular flexibility index (Phi) is 4.62. The van der Waals surface area contributed by atoms with Crippen LogP contribution >= 0.6 is 11.6 Å². The molecule has 0 radical (unpaired) electrons. The molecule has 2 rings (SSSR count). The van der Waals surface area contributed by atoms with Gasteiger partial charge in [0.05, 0.1) is 16.2 Å². The number of carbonyl (C=O) groups excluding carboxylic acids is 1. The second-order valence-corrected chi connectivity index (χ2v) is 5.76. The number of rotatable bonds is 3. The highest BCUT2D eigenvalue weighted by Gasteiger charge is 2.35. The van der Waals surface area contributed by atoms with Gasteiger partial charge in [0.1, 0.15) is 0 Å². The zero-order valence-corrected chi connectivity index (χ0v) is 12.4. The maximum absolute atomic E-state index is 13.8. The van der Waals surface area contributed by atoms with Gasteiger partial charge < -0.3 is 10.6 Å². The highest BCUT2D eigenvalue weighted by Crippen LogP contribution is 2.24. The van der Waals surface area contributed by atoms with E-state index in [1.165, 1.54) is 12.1 Å². The van der Waals surface area contributed by atoms with Crippen molar-refractivity contribution >= 4 is 23.2 Å². The van der Waals surface area contributed by atoms with Gasteiger partial charge in [0.25, 0.3) is 0 Å². The Morgan fingerprint density at radius 1 is 1.40 bits per heavy atom. The van der Waals surface area contributed by atoms with Crippen LogP contribution < -0.4 is 10.6 Å². The molecule has 1 aromatic carbocycles. The van der Waals surface area contributed by atoms with Crippen molar-refractivity contribution in [3.8, 4) is 0 Å². The van der Waals surface area contributed by atoms with Crippen molar-refractivity contribution in [3.05, 3.63) is 29.0 Å². The van der Waals surface area contributed by atoms with Crippen LogP contribution in [0, 0.1) is 5.82 Å². The lowest BCUT2D eigenvalue weighted by Gasteiger charge is -2.39. The van der Waals surface area contributed by atoms with Gasteiger partial charge >= 0.3 is 0 Å². The van der Waals surface area contributed by atoms with Crippen LogP contribution in [0.2, 0.25) is 5.02 Å². The number of benzene rings is 1. The fourth-order valence-electron chi connectivity index (χ4n) is 2.24. The number of amides is 1. The summed E-state index contributed by atoms with van der Waals surface area (Å²) in [6.45, 7) is 6.97. The monoisotopic (exact) mass is 299 g/mol. The Hall–Kier alpha value is -1.17. The summed E-state index contributed by atoms with van der Waals surface area (Å²) in [5.74, 6) is -0.834. The van der Waals surface area contributed by atoms with Crippen LogP contribution in [0.25, 0.3) is 0 Å². The van der Waals surface area contributed by atoms with Gasteiger partial charge in [0.15, 0.2) is 5.82 Å². The van der Waals surface area contributed by atoms with Gasteiger partial charge in [-0.3, -0.25) is 9.69 Å². The quantitative estimate of drug-likeness (QED) is 0.898. The average molecular weight is 300 g/mol. The van der Waals surface area contributed by atoms with Gasteiger partial charge in [-0.15, -0.1) is 0 Å². The van der Waals surface area contributed by atoms with E-state index < -0.39 is 11.4 Å². The summed E-state index contributed by atoms with van der Waals surface area (Å²) in [5.41, 5.74) is -0.581. The number of hydrogen-bond acceptors (Lipinski definition) is 3. The molecule has 20 heavy (non-hydrogen) atoms. The van der Waals surface area contributed by atoms with Crippen LogP contribution in [0.4, 0.5) is 10.1 Å². The predicted octanol–water partition coefficient (Wildman–Crippen LogP) is 2.10. The maximum Gasteiger partial charge on any atom is 0.244 e. The molecule has 0 atom stereocenters. The standard InChI is InChI=1S/C14H19ClFN3O/c1-14(2,19-8-6-17-7-9-19)13(20)18-11-5-3-4-10(15)12(11)16/h3-5,17H,6-9H2,1-2H3,(H,18,20). The average Bonchev–Trinajstić information content (AvgIpc) is 2.44. The third-order valence-corrected chi connectivity index (χ3v) is 3.95. The molecule has 0 spiro atoms. The molecule has 0 unspecified atom stereocenters. The zero-order valence-electron chi connectivity index (χ0n) is 11.7. The van der Waals surface area contributed by atoms with Gasteiger partial charge in [0.2, 0.25) is 5.91 Å². The molecule has 0 bridgehead atoms. The Balaban J connectivity index is 2.12. The lowest BCUT2D eigenvalue weighted by Crippen LogP contribution is -2.58. The fraction of sp³-hybridized carbons (Fsp3) is 0.500. The lowest BCUT2D eigenvalue weighted by molar-refractivity contribution is -0.126. The molecule has 110 valence electrons. The molecule has 1 aromatic rings. The minimum atomic E-state index is -0.698. The first-order valence-electron chi connectivity index (χ1n) is 6.64. The van der Waals surface area contributed by atoms with Gasteiger partial charge in [-0.2, -0.15) is 0 Å². The van der Waals surface area contributed by atoms with E-state index in [9.17, 15) is 9.18 Å². The van der Waals surface area contributed by atoms with Crippen LogP contribution in [0.15, 0.2) is 18.2 Å². The molecule has 1 saturated heterocycles. The van der Waals surface area contributed by atoms with Crippen molar-refractivity contribution in [2.75, 3.05) is 31.5 Å². The first-order valence-corrected chi connectivity index (χ1v) is 7.02. The molecule has 0 aliphatic carbocycles. The van der Waals surface area contributed by atoms with E-state index in [0.717, 1.165) is 26.2 Å². The molecule has 1 fully saturated rings. The van der Waals surface area contributed by atoms with Crippen molar-refractivity contribution in [1.82, 2.24) is 10.2 Å². The summed E-state index contributed by atoms with van der Waals surface area (Å²) in [6, 6.07) is 4.57. The first kappa shape index (κ1) is 15.2. The Morgan fingerprint density at radius 3 is 2.70 bits per heavy atom. The summed E-state index contributed by atoms with van der Waals surface area (Å²) in [7, 11) is 0. The molecule has 0 aromatic heterocycles. The molecular weight excluding hydrogens is 281 g/mol. The second kappa shape index (κ2) is 6.08. The minimum absolute atomic E-state index is 0.00257. The first-order chi connectivity index (χ1) is 9.43. The molecular formula is C14H19ClFN3O. The van der Waals surface area contributed by atoms with Crippen molar-refractivity contribution in [2.24, 2.45) is 0 Å². The van der Waals surface area contributed by atoms with Gasteiger partial charge in [-0.1, -0.05) is 17.7 Å². The van der Waals surface area contributed by atoms with Crippen LogP contribution in [0.5, 0.6) is 0 Å². The number of anilines is 1. The highest BCUT2D eigenvalue weighted by molar-refractivity contribution is 6.31. The van der Waals surface area contributed by atoms with Gasteiger partial charge in [-0.05, 0) is 26.0 Å². The number of carbonyl (C=O) groups is 1. The van der Waals surface area contributed by atoms with Crippen LogP contribution in [-0.2, 0) is 4.79 Å². The summed E-state index contributed by atoms with van der Waals surface area (Å²) < 4.78 is 13.8. The predicted molar refractivity (Wildman–Crippen MR) is 78.6 cm³/mol. The van der Waals surface area contributed by atoms with E-state index in [1.807, 2.05) is 13.8 Å². The van der Waals surface area contributed by atoms with E-state index >= 15 is 0 Å². The second-order valence-electron chi connectivity index (χ2n) is 5.35. The summed E-state index contributed by atoms with van der Waals surface area (Å²) in [5, 5.41) is 5.87. The van der Waals surface area contributed by atoms with Crippen LogP contribution in [0.3, 0.4) is 0 Å². The van der Waals surface area contributed by atoms with Crippen molar-refractivity contribution < 1.29 is 9.18 Å². The third kappa shape index (κ3) is 3.11. The minimum Gasteiger partial charge on any atom is -0.322 e. The van der Waals surface area contributed by atoms with Crippen molar-refractivity contribution in [1.29, 1.82) is 0 Å². The van der Waals surface area contributed by atoms with E-state index in [1.54, 1.807) is 6.07 Å². The SMILES string of the molecule is CC(C)(C(=O)Nc1cccc(Cl)c1F)N1CCNCC1. The van der Waals surface area contributed by atoms with E-state index in [4.69, 9.17) is 11.6 Å². The number of nitrogens with zero attached hydrogens (tertiary/aromatic N) is 1. The summed E-state index contributed by atoms with van der Waals surface area (Å²) in [4.78, 5) is 14.5. The molecule has 1 aliphatic rings.